The van der Waals surface area contributed by atoms with E-state index in [9.17, 15) is 0 Å². The first-order chi connectivity index (χ1) is 6.84. The van der Waals surface area contributed by atoms with Crippen molar-refractivity contribution in [3.63, 3.8) is 0 Å². The number of rotatable bonds is 2. The number of halogens is 1. The fourth-order valence-corrected chi connectivity index (χ4v) is 2.57. The van der Waals surface area contributed by atoms with Crippen molar-refractivity contribution in [2.24, 2.45) is 0 Å². The van der Waals surface area contributed by atoms with Crippen molar-refractivity contribution in [3.8, 4) is 5.88 Å². The number of pyridine rings is 1. The zero-order chi connectivity index (χ0) is 9.80. The summed E-state index contributed by atoms with van der Waals surface area (Å²) >= 11 is 7.72. The van der Waals surface area contributed by atoms with Crippen LogP contribution in [0.4, 0.5) is 0 Å². The Kier molecular flexibility index (Phi) is 3.54. The lowest BCUT2D eigenvalue weighted by Crippen LogP contribution is -2.22. The molecule has 0 radical (unpaired) electrons. The van der Waals surface area contributed by atoms with Crippen molar-refractivity contribution in [3.05, 3.63) is 23.4 Å². The van der Waals surface area contributed by atoms with Crippen LogP contribution >= 0.6 is 23.4 Å². The number of hydrogen-bond acceptors (Lipinski definition) is 3. The maximum absolute atomic E-state index is 5.73. The number of thioether (sulfide) groups is 1. The summed E-state index contributed by atoms with van der Waals surface area (Å²) in [7, 11) is 0. The molecule has 76 valence electrons. The fraction of sp³-hybridized carbons (Fsp3) is 0.500. The van der Waals surface area contributed by atoms with Gasteiger partial charge in [-0.1, -0.05) is 11.6 Å². The van der Waals surface area contributed by atoms with Crippen LogP contribution in [-0.2, 0) is 0 Å². The van der Waals surface area contributed by atoms with Gasteiger partial charge in [0.15, 0.2) is 0 Å². The molecule has 0 saturated carbocycles. The SMILES string of the molecule is Clc1ccc(OC2CCSCC2)nc1. The molecule has 1 aliphatic heterocycles. The minimum absolute atomic E-state index is 0.338. The number of nitrogens with zero attached hydrogens (tertiary/aromatic N) is 1. The van der Waals surface area contributed by atoms with Crippen LogP contribution in [0, 0.1) is 0 Å². The highest BCUT2D eigenvalue weighted by Gasteiger charge is 2.15. The molecule has 0 bridgehead atoms. The lowest BCUT2D eigenvalue weighted by Gasteiger charge is -2.21. The summed E-state index contributed by atoms with van der Waals surface area (Å²) in [6, 6.07) is 3.63. The van der Waals surface area contributed by atoms with E-state index in [2.05, 4.69) is 4.98 Å². The first kappa shape index (κ1) is 10.1. The Morgan fingerprint density at radius 1 is 1.36 bits per heavy atom. The number of hydrogen-bond donors (Lipinski definition) is 0. The molecule has 4 heteroatoms. The Morgan fingerprint density at radius 2 is 2.14 bits per heavy atom. The van der Waals surface area contributed by atoms with E-state index in [1.807, 2.05) is 23.9 Å². The van der Waals surface area contributed by atoms with Crippen LogP contribution in [0.25, 0.3) is 0 Å². The molecule has 1 saturated heterocycles. The predicted octanol–water partition coefficient (Wildman–Crippen LogP) is 3.01. The van der Waals surface area contributed by atoms with Gasteiger partial charge in [-0.2, -0.15) is 11.8 Å². The van der Waals surface area contributed by atoms with E-state index in [1.165, 1.54) is 11.5 Å². The van der Waals surface area contributed by atoms with Gasteiger partial charge in [0.1, 0.15) is 6.10 Å². The van der Waals surface area contributed by atoms with Gasteiger partial charge in [0.2, 0.25) is 5.88 Å². The summed E-state index contributed by atoms with van der Waals surface area (Å²) < 4.78 is 5.73. The van der Waals surface area contributed by atoms with Crippen molar-refractivity contribution in [2.45, 2.75) is 18.9 Å². The van der Waals surface area contributed by atoms with Crippen molar-refractivity contribution in [1.29, 1.82) is 0 Å². The van der Waals surface area contributed by atoms with E-state index in [-0.39, 0.29) is 0 Å². The zero-order valence-electron chi connectivity index (χ0n) is 7.78. The Hall–Kier alpha value is -0.410. The van der Waals surface area contributed by atoms with Gasteiger partial charge < -0.3 is 4.74 Å². The second kappa shape index (κ2) is 4.89. The molecule has 1 aromatic rings. The third-order valence-corrected chi connectivity index (χ3v) is 3.43. The van der Waals surface area contributed by atoms with E-state index >= 15 is 0 Å². The van der Waals surface area contributed by atoms with E-state index < -0.39 is 0 Å². The first-order valence-corrected chi connectivity index (χ1v) is 6.24. The van der Waals surface area contributed by atoms with Gasteiger partial charge in [-0.3, -0.25) is 0 Å². The molecule has 2 heterocycles. The summed E-state index contributed by atoms with van der Waals surface area (Å²) in [4.78, 5) is 4.11. The molecule has 2 rings (SSSR count). The third kappa shape index (κ3) is 2.79. The Bertz CT molecular complexity index is 285. The summed E-state index contributed by atoms with van der Waals surface area (Å²) in [6.07, 6.45) is 4.20. The lowest BCUT2D eigenvalue weighted by atomic mass is 10.2. The Labute approximate surface area is 93.0 Å². The molecular weight excluding hydrogens is 218 g/mol. The van der Waals surface area contributed by atoms with Gasteiger partial charge in [0.25, 0.3) is 0 Å². The second-order valence-electron chi connectivity index (χ2n) is 3.24. The molecule has 1 fully saturated rings. The van der Waals surface area contributed by atoms with Crippen LogP contribution in [0.3, 0.4) is 0 Å². The van der Waals surface area contributed by atoms with Crippen LogP contribution in [0.2, 0.25) is 5.02 Å². The van der Waals surface area contributed by atoms with Gasteiger partial charge in [-0.25, -0.2) is 4.98 Å². The van der Waals surface area contributed by atoms with Crippen LogP contribution in [0.1, 0.15) is 12.8 Å². The number of aromatic nitrogens is 1. The minimum Gasteiger partial charge on any atom is -0.474 e. The average Bonchev–Trinajstić information content (AvgIpc) is 2.23. The van der Waals surface area contributed by atoms with Crippen molar-refractivity contribution < 1.29 is 4.74 Å². The van der Waals surface area contributed by atoms with Crippen molar-refractivity contribution in [2.75, 3.05) is 11.5 Å². The highest BCUT2D eigenvalue weighted by atomic mass is 35.5. The van der Waals surface area contributed by atoms with Crippen molar-refractivity contribution in [1.82, 2.24) is 4.98 Å². The molecule has 2 nitrogen and oxygen atoms in total. The molecule has 0 atom stereocenters. The topological polar surface area (TPSA) is 22.1 Å². The maximum atomic E-state index is 5.73. The van der Waals surface area contributed by atoms with Gasteiger partial charge in [-0.15, -0.1) is 0 Å². The molecule has 1 aliphatic rings. The normalized spacial score (nSPS) is 18.1. The predicted molar refractivity (Wildman–Crippen MR) is 60.2 cm³/mol. The van der Waals surface area contributed by atoms with E-state index in [4.69, 9.17) is 16.3 Å². The molecule has 0 unspecified atom stereocenters. The molecule has 0 spiro atoms. The Morgan fingerprint density at radius 3 is 2.79 bits per heavy atom. The monoisotopic (exact) mass is 229 g/mol. The summed E-state index contributed by atoms with van der Waals surface area (Å²) in [6.45, 7) is 0. The maximum Gasteiger partial charge on any atom is 0.213 e. The van der Waals surface area contributed by atoms with Gasteiger partial charge >= 0.3 is 0 Å². The van der Waals surface area contributed by atoms with Crippen molar-refractivity contribution >= 4 is 23.4 Å². The van der Waals surface area contributed by atoms with Crippen LogP contribution in [-0.4, -0.2) is 22.6 Å². The molecule has 14 heavy (non-hydrogen) atoms. The van der Waals surface area contributed by atoms with Gasteiger partial charge in [0.05, 0.1) is 5.02 Å². The highest BCUT2D eigenvalue weighted by molar-refractivity contribution is 7.99. The molecule has 0 amide bonds. The van der Waals surface area contributed by atoms with Gasteiger partial charge in [0, 0.05) is 12.3 Å². The number of ether oxygens (including phenoxy) is 1. The molecular formula is C10H12ClNOS. The molecule has 1 aromatic heterocycles. The molecule has 0 aliphatic carbocycles. The van der Waals surface area contributed by atoms with E-state index in [1.54, 1.807) is 6.20 Å². The largest absolute Gasteiger partial charge is 0.474 e. The highest BCUT2D eigenvalue weighted by Crippen LogP contribution is 2.21. The quantitative estimate of drug-likeness (QED) is 0.779. The van der Waals surface area contributed by atoms with Crippen LogP contribution in [0.15, 0.2) is 18.3 Å². The standard InChI is InChI=1S/C10H12ClNOS/c11-8-1-2-10(12-7-8)13-9-3-5-14-6-4-9/h1-2,7,9H,3-6H2. The third-order valence-electron chi connectivity index (χ3n) is 2.16. The minimum atomic E-state index is 0.338. The fourth-order valence-electron chi connectivity index (χ4n) is 1.40. The summed E-state index contributed by atoms with van der Waals surface area (Å²) in [5, 5.41) is 0.650. The summed E-state index contributed by atoms with van der Waals surface area (Å²) in [5.41, 5.74) is 0. The average molecular weight is 230 g/mol. The van der Waals surface area contributed by atoms with E-state index in [0.717, 1.165) is 12.8 Å². The van der Waals surface area contributed by atoms with E-state index in [0.29, 0.717) is 17.0 Å². The molecule has 0 N–H and O–H groups in total. The lowest BCUT2D eigenvalue weighted by molar-refractivity contribution is 0.184. The van der Waals surface area contributed by atoms with Crippen LogP contribution < -0.4 is 4.74 Å². The zero-order valence-corrected chi connectivity index (χ0v) is 9.35. The second-order valence-corrected chi connectivity index (χ2v) is 4.91. The van der Waals surface area contributed by atoms with Crippen LogP contribution in [0.5, 0.6) is 5.88 Å². The Balaban J connectivity index is 1.92. The van der Waals surface area contributed by atoms with Gasteiger partial charge in [-0.05, 0) is 30.4 Å². The summed E-state index contributed by atoms with van der Waals surface area (Å²) in [5.74, 6) is 3.07. The molecule has 0 aromatic carbocycles. The smallest absolute Gasteiger partial charge is 0.213 e. The first-order valence-electron chi connectivity index (χ1n) is 4.70.